The molecule has 25 heavy (non-hydrogen) atoms. The van der Waals surface area contributed by atoms with Crippen LogP contribution in [0.1, 0.15) is 11.1 Å². The van der Waals surface area contributed by atoms with Gasteiger partial charge in [-0.1, -0.05) is 18.2 Å². The molecule has 1 fully saturated rings. The topological polar surface area (TPSA) is 40.2 Å². The Labute approximate surface area is 149 Å². The number of ether oxygens (including phenoxy) is 4. The molecular weight excluding hydrogens is 318 g/mol. The minimum absolute atomic E-state index is 0.182. The van der Waals surface area contributed by atoms with E-state index in [0.717, 1.165) is 53.8 Å². The van der Waals surface area contributed by atoms with E-state index in [9.17, 15) is 0 Å². The van der Waals surface area contributed by atoms with E-state index in [4.69, 9.17) is 18.9 Å². The fraction of sp³-hybridized carbons (Fsp3) is 0.400. The Morgan fingerprint density at radius 2 is 1.56 bits per heavy atom. The van der Waals surface area contributed by atoms with E-state index in [1.807, 2.05) is 37.3 Å². The highest BCUT2D eigenvalue weighted by molar-refractivity contribution is 5.49. The Hall–Kier alpha value is -2.40. The van der Waals surface area contributed by atoms with Crippen LogP contribution in [0.5, 0.6) is 23.0 Å². The molecule has 0 amide bonds. The van der Waals surface area contributed by atoms with Gasteiger partial charge in [0.1, 0.15) is 17.6 Å². The number of hydrogen-bond acceptors (Lipinski definition) is 5. The smallest absolute Gasteiger partial charge is 0.161 e. The Morgan fingerprint density at radius 3 is 2.20 bits per heavy atom. The average molecular weight is 343 g/mol. The summed E-state index contributed by atoms with van der Waals surface area (Å²) in [5.41, 5.74) is 2.20. The third-order valence-electron chi connectivity index (χ3n) is 4.54. The molecule has 2 aromatic rings. The number of likely N-dealkylation sites (tertiary alicyclic amines) is 1. The third-order valence-corrected chi connectivity index (χ3v) is 4.54. The van der Waals surface area contributed by atoms with Gasteiger partial charge in [-0.3, -0.25) is 4.90 Å². The van der Waals surface area contributed by atoms with Crippen molar-refractivity contribution in [2.24, 2.45) is 0 Å². The molecule has 0 aromatic heterocycles. The molecule has 0 N–H and O–H groups in total. The van der Waals surface area contributed by atoms with Crippen molar-refractivity contribution < 1.29 is 18.9 Å². The number of hydrogen-bond donors (Lipinski definition) is 0. The van der Waals surface area contributed by atoms with Crippen LogP contribution in [0.3, 0.4) is 0 Å². The zero-order valence-corrected chi connectivity index (χ0v) is 15.2. The predicted octanol–water partition coefficient (Wildman–Crippen LogP) is 3.28. The summed E-state index contributed by atoms with van der Waals surface area (Å²) in [5, 5.41) is 0. The number of para-hydroxylation sites is 2. The molecule has 1 heterocycles. The lowest BCUT2D eigenvalue weighted by atomic mass is 10.1. The van der Waals surface area contributed by atoms with Gasteiger partial charge in [-0.15, -0.1) is 0 Å². The predicted molar refractivity (Wildman–Crippen MR) is 97.0 cm³/mol. The lowest BCUT2D eigenvalue weighted by Gasteiger charge is -2.39. The van der Waals surface area contributed by atoms with Crippen LogP contribution in [-0.2, 0) is 6.54 Å². The highest BCUT2D eigenvalue weighted by Gasteiger charge is 2.30. The van der Waals surface area contributed by atoms with Gasteiger partial charge in [-0.25, -0.2) is 0 Å². The van der Waals surface area contributed by atoms with Gasteiger partial charge in [0, 0.05) is 30.8 Å². The van der Waals surface area contributed by atoms with Crippen molar-refractivity contribution in [1.82, 2.24) is 4.90 Å². The van der Waals surface area contributed by atoms with Gasteiger partial charge in [0.15, 0.2) is 11.5 Å². The first-order valence-electron chi connectivity index (χ1n) is 8.38. The summed E-state index contributed by atoms with van der Waals surface area (Å²) < 4.78 is 22.3. The fourth-order valence-electron chi connectivity index (χ4n) is 3.22. The standard InChI is InChI=1S/C20H25NO4/c1-14-17(22-2)10-9-15(20(14)24-4)11-21-12-16(13-21)25-19-8-6-5-7-18(19)23-3/h5-10,16H,11-13H2,1-4H3. The van der Waals surface area contributed by atoms with Gasteiger partial charge in [0.05, 0.1) is 21.3 Å². The molecule has 0 unspecified atom stereocenters. The lowest BCUT2D eigenvalue weighted by molar-refractivity contribution is 0.0127. The van der Waals surface area contributed by atoms with E-state index in [1.165, 1.54) is 0 Å². The van der Waals surface area contributed by atoms with Crippen LogP contribution in [0.4, 0.5) is 0 Å². The van der Waals surface area contributed by atoms with Gasteiger partial charge < -0.3 is 18.9 Å². The molecule has 0 aliphatic carbocycles. The molecule has 0 bridgehead atoms. The Morgan fingerprint density at radius 1 is 0.880 bits per heavy atom. The second kappa shape index (κ2) is 7.66. The van der Waals surface area contributed by atoms with Crippen LogP contribution >= 0.6 is 0 Å². The summed E-state index contributed by atoms with van der Waals surface area (Å²) in [7, 11) is 5.04. The zero-order chi connectivity index (χ0) is 17.8. The third kappa shape index (κ3) is 3.66. The first kappa shape index (κ1) is 17.4. The largest absolute Gasteiger partial charge is 0.496 e. The second-order valence-corrected chi connectivity index (χ2v) is 6.17. The quantitative estimate of drug-likeness (QED) is 0.771. The summed E-state index contributed by atoms with van der Waals surface area (Å²) in [6.07, 6.45) is 0.182. The number of rotatable bonds is 7. The fourth-order valence-corrected chi connectivity index (χ4v) is 3.22. The van der Waals surface area contributed by atoms with Crippen molar-refractivity contribution in [1.29, 1.82) is 0 Å². The van der Waals surface area contributed by atoms with Gasteiger partial charge in [0.25, 0.3) is 0 Å². The molecule has 0 atom stereocenters. The molecule has 0 spiro atoms. The first-order valence-corrected chi connectivity index (χ1v) is 8.38. The maximum absolute atomic E-state index is 6.04. The Balaban J connectivity index is 1.60. The molecule has 2 aromatic carbocycles. The molecule has 0 saturated carbocycles. The molecule has 5 heteroatoms. The molecular formula is C20H25NO4. The molecule has 3 rings (SSSR count). The van der Waals surface area contributed by atoms with Gasteiger partial charge in [-0.05, 0) is 25.1 Å². The normalized spacial score (nSPS) is 14.7. The molecule has 1 aliphatic heterocycles. The van der Waals surface area contributed by atoms with Gasteiger partial charge >= 0.3 is 0 Å². The summed E-state index contributed by atoms with van der Waals surface area (Å²) in [4.78, 5) is 2.34. The summed E-state index contributed by atoms with van der Waals surface area (Å²) in [6, 6.07) is 11.8. The molecule has 0 radical (unpaired) electrons. The lowest BCUT2D eigenvalue weighted by Crippen LogP contribution is -2.53. The Bertz CT molecular complexity index is 726. The number of nitrogens with zero attached hydrogens (tertiary/aromatic N) is 1. The second-order valence-electron chi connectivity index (χ2n) is 6.17. The maximum Gasteiger partial charge on any atom is 0.161 e. The highest BCUT2D eigenvalue weighted by Crippen LogP contribution is 2.33. The molecule has 1 aliphatic rings. The van der Waals surface area contributed by atoms with Gasteiger partial charge in [0.2, 0.25) is 0 Å². The van der Waals surface area contributed by atoms with Crippen molar-refractivity contribution in [3.8, 4) is 23.0 Å². The Kier molecular flexibility index (Phi) is 5.34. The summed E-state index contributed by atoms with van der Waals surface area (Å²) in [6.45, 7) is 4.61. The van der Waals surface area contributed by atoms with Crippen molar-refractivity contribution in [3.63, 3.8) is 0 Å². The monoisotopic (exact) mass is 343 g/mol. The number of benzene rings is 2. The molecule has 134 valence electrons. The van der Waals surface area contributed by atoms with E-state index >= 15 is 0 Å². The molecule has 1 saturated heterocycles. The summed E-state index contributed by atoms with van der Waals surface area (Å²) in [5.74, 6) is 3.32. The average Bonchev–Trinajstić information content (AvgIpc) is 2.60. The van der Waals surface area contributed by atoms with E-state index in [0.29, 0.717) is 0 Å². The maximum atomic E-state index is 6.04. The van der Waals surface area contributed by atoms with Crippen LogP contribution < -0.4 is 18.9 Å². The van der Waals surface area contributed by atoms with Crippen molar-refractivity contribution in [2.45, 2.75) is 19.6 Å². The van der Waals surface area contributed by atoms with Crippen LogP contribution in [0.15, 0.2) is 36.4 Å². The van der Waals surface area contributed by atoms with Gasteiger partial charge in [-0.2, -0.15) is 0 Å². The van der Waals surface area contributed by atoms with E-state index < -0.39 is 0 Å². The van der Waals surface area contributed by atoms with Crippen LogP contribution in [0.25, 0.3) is 0 Å². The zero-order valence-electron chi connectivity index (χ0n) is 15.2. The van der Waals surface area contributed by atoms with Crippen molar-refractivity contribution >= 4 is 0 Å². The first-order chi connectivity index (χ1) is 12.2. The minimum Gasteiger partial charge on any atom is -0.496 e. The molecule has 5 nitrogen and oxygen atoms in total. The van der Waals surface area contributed by atoms with Crippen LogP contribution in [0.2, 0.25) is 0 Å². The summed E-state index contributed by atoms with van der Waals surface area (Å²) >= 11 is 0. The SMILES string of the molecule is COc1ccccc1OC1CN(Cc2ccc(OC)c(C)c2OC)C1. The van der Waals surface area contributed by atoms with Crippen LogP contribution in [0, 0.1) is 6.92 Å². The minimum atomic E-state index is 0.182. The van der Waals surface area contributed by atoms with Crippen LogP contribution in [-0.4, -0.2) is 45.4 Å². The van der Waals surface area contributed by atoms with Crippen molar-refractivity contribution in [2.75, 3.05) is 34.4 Å². The number of methoxy groups -OCH3 is 3. The van der Waals surface area contributed by atoms with E-state index in [1.54, 1.807) is 21.3 Å². The van der Waals surface area contributed by atoms with E-state index in [2.05, 4.69) is 11.0 Å². The highest BCUT2D eigenvalue weighted by atomic mass is 16.5. The van der Waals surface area contributed by atoms with Crippen molar-refractivity contribution in [3.05, 3.63) is 47.5 Å². The van der Waals surface area contributed by atoms with E-state index in [-0.39, 0.29) is 6.10 Å².